The fourth-order valence-corrected chi connectivity index (χ4v) is 3.30. The van der Waals surface area contributed by atoms with E-state index in [-0.39, 0.29) is 23.3 Å². The summed E-state index contributed by atoms with van der Waals surface area (Å²) < 4.78 is 5.37. The minimum Gasteiger partial charge on any atom is -0.494 e. The lowest BCUT2D eigenvalue weighted by atomic mass is 10.2. The van der Waals surface area contributed by atoms with Crippen molar-refractivity contribution in [1.29, 1.82) is 0 Å². The van der Waals surface area contributed by atoms with E-state index >= 15 is 0 Å². The summed E-state index contributed by atoms with van der Waals surface area (Å²) in [5, 5.41) is 2.83. The zero-order chi connectivity index (χ0) is 19.6. The fraction of sp³-hybridized carbons (Fsp3) is 0.333. The van der Waals surface area contributed by atoms with Crippen LogP contribution in [-0.4, -0.2) is 36.5 Å². The van der Waals surface area contributed by atoms with Crippen molar-refractivity contribution in [2.24, 2.45) is 0 Å². The van der Waals surface area contributed by atoms with Gasteiger partial charge in [0.1, 0.15) is 5.75 Å². The Bertz CT molecular complexity index is 762. The normalized spacial score (nSPS) is 10.3. The average Bonchev–Trinajstić information content (AvgIpc) is 2.64. The fourth-order valence-electron chi connectivity index (χ4n) is 2.61. The molecule has 27 heavy (non-hydrogen) atoms. The van der Waals surface area contributed by atoms with Crippen LogP contribution in [-0.2, 0) is 9.59 Å². The highest BCUT2D eigenvalue weighted by molar-refractivity contribution is 8.00. The van der Waals surface area contributed by atoms with E-state index in [0.29, 0.717) is 18.8 Å². The maximum Gasteiger partial charge on any atom is 0.236 e. The van der Waals surface area contributed by atoms with Crippen molar-refractivity contribution in [2.45, 2.75) is 20.8 Å². The van der Waals surface area contributed by atoms with Crippen molar-refractivity contribution in [3.63, 3.8) is 0 Å². The summed E-state index contributed by atoms with van der Waals surface area (Å²) in [7, 11) is 0. The number of carbonyl (C=O) groups is 2. The Labute approximate surface area is 165 Å². The highest BCUT2D eigenvalue weighted by Crippen LogP contribution is 2.18. The minimum atomic E-state index is -0.129. The first-order valence-electron chi connectivity index (χ1n) is 9.01. The molecule has 0 aromatic heterocycles. The molecule has 2 aromatic carbocycles. The maximum atomic E-state index is 12.5. The van der Waals surface area contributed by atoms with Gasteiger partial charge in [0.05, 0.1) is 18.1 Å². The average molecular weight is 387 g/mol. The van der Waals surface area contributed by atoms with Crippen LogP contribution in [0, 0.1) is 6.92 Å². The monoisotopic (exact) mass is 386 g/mol. The number of amides is 2. The van der Waals surface area contributed by atoms with Crippen LogP contribution in [0.5, 0.6) is 5.75 Å². The number of hydrogen-bond acceptors (Lipinski definition) is 4. The Morgan fingerprint density at radius 3 is 2.44 bits per heavy atom. The molecular formula is C21H26N2O3S. The van der Waals surface area contributed by atoms with Gasteiger partial charge in [-0.05, 0) is 62.7 Å². The number of thioether (sulfide) groups is 1. The quantitative estimate of drug-likeness (QED) is 0.704. The molecular weight excluding hydrogens is 360 g/mol. The first-order valence-corrected chi connectivity index (χ1v) is 10.2. The molecule has 2 amide bonds. The molecule has 0 heterocycles. The molecule has 0 aliphatic rings. The third-order valence-electron chi connectivity index (χ3n) is 3.84. The van der Waals surface area contributed by atoms with Crippen LogP contribution in [0.4, 0.5) is 11.4 Å². The van der Waals surface area contributed by atoms with Gasteiger partial charge in [-0.15, -0.1) is 11.8 Å². The maximum absolute atomic E-state index is 12.5. The molecule has 0 spiro atoms. The van der Waals surface area contributed by atoms with Gasteiger partial charge in [-0.2, -0.15) is 0 Å². The zero-order valence-electron chi connectivity index (χ0n) is 16.0. The van der Waals surface area contributed by atoms with E-state index in [9.17, 15) is 9.59 Å². The number of rotatable bonds is 9. The Balaban J connectivity index is 1.80. The predicted molar refractivity (Wildman–Crippen MR) is 113 cm³/mol. The number of ether oxygens (including phenoxy) is 1. The van der Waals surface area contributed by atoms with Crippen molar-refractivity contribution in [3.8, 4) is 5.75 Å². The highest BCUT2D eigenvalue weighted by atomic mass is 32.2. The van der Waals surface area contributed by atoms with Gasteiger partial charge in [-0.25, -0.2) is 0 Å². The molecule has 0 bridgehead atoms. The van der Waals surface area contributed by atoms with E-state index in [0.717, 1.165) is 17.0 Å². The molecule has 0 atom stereocenters. The number of carbonyl (C=O) groups excluding carboxylic acids is 2. The van der Waals surface area contributed by atoms with Crippen LogP contribution in [0.15, 0.2) is 48.5 Å². The molecule has 5 nitrogen and oxygen atoms in total. The second-order valence-electron chi connectivity index (χ2n) is 5.98. The number of benzene rings is 2. The molecule has 0 radical (unpaired) electrons. The van der Waals surface area contributed by atoms with Crippen molar-refractivity contribution < 1.29 is 14.3 Å². The van der Waals surface area contributed by atoms with E-state index in [1.165, 1.54) is 11.8 Å². The lowest BCUT2D eigenvalue weighted by Gasteiger charge is -2.21. The molecule has 2 aromatic rings. The number of hydrogen-bond donors (Lipinski definition) is 1. The highest BCUT2D eigenvalue weighted by Gasteiger charge is 2.14. The Hall–Kier alpha value is -2.47. The molecule has 6 heteroatoms. The topological polar surface area (TPSA) is 58.6 Å². The standard InChI is InChI=1S/C21H26N2O3S/c1-4-23(18-8-6-7-16(3)13-18)21(25)15-27-14-20(24)22-17-9-11-19(12-10-17)26-5-2/h6-13H,4-5,14-15H2,1-3H3,(H,22,24). The van der Waals surface area contributed by atoms with Gasteiger partial charge >= 0.3 is 0 Å². The van der Waals surface area contributed by atoms with Gasteiger partial charge in [-0.3, -0.25) is 9.59 Å². The van der Waals surface area contributed by atoms with E-state index in [4.69, 9.17) is 4.74 Å². The molecule has 0 saturated heterocycles. The van der Waals surface area contributed by atoms with E-state index in [2.05, 4.69) is 5.32 Å². The summed E-state index contributed by atoms with van der Waals surface area (Å²) in [5.41, 5.74) is 2.72. The van der Waals surface area contributed by atoms with Crippen LogP contribution < -0.4 is 15.0 Å². The van der Waals surface area contributed by atoms with Gasteiger partial charge in [0, 0.05) is 17.9 Å². The Kier molecular flexibility index (Phi) is 8.20. The largest absolute Gasteiger partial charge is 0.494 e. The molecule has 0 fully saturated rings. The number of anilines is 2. The molecule has 1 N–H and O–H groups in total. The molecule has 0 saturated carbocycles. The first-order chi connectivity index (χ1) is 13.0. The summed E-state index contributed by atoms with van der Waals surface area (Å²) in [6.45, 7) is 7.08. The van der Waals surface area contributed by atoms with Crippen LogP contribution in [0.1, 0.15) is 19.4 Å². The summed E-state index contributed by atoms with van der Waals surface area (Å²) in [6, 6.07) is 15.1. The van der Waals surface area contributed by atoms with Gasteiger partial charge in [-0.1, -0.05) is 12.1 Å². The van der Waals surface area contributed by atoms with Crippen molar-refractivity contribution >= 4 is 35.0 Å². The predicted octanol–water partition coefficient (Wildman–Crippen LogP) is 4.12. The number of aryl methyl sites for hydroxylation is 1. The number of nitrogens with zero attached hydrogens (tertiary/aromatic N) is 1. The minimum absolute atomic E-state index is 0.00182. The van der Waals surface area contributed by atoms with E-state index < -0.39 is 0 Å². The lowest BCUT2D eigenvalue weighted by Crippen LogP contribution is -2.32. The van der Waals surface area contributed by atoms with Crippen LogP contribution >= 0.6 is 11.8 Å². The van der Waals surface area contributed by atoms with Crippen molar-refractivity contribution in [1.82, 2.24) is 0 Å². The Morgan fingerprint density at radius 2 is 1.81 bits per heavy atom. The molecule has 0 aliphatic heterocycles. The molecule has 0 aliphatic carbocycles. The van der Waals surface area contributed by atoms with E-state index in [1.807, 2.05) is 57.2 Å². The zero-order valence-corrected chi connectivity index (χ0v) is 16.8. The van der Waals surface area contributed by atoms with Gasteiger partial charge in [0.25, 0.3) is 0 Å². The van der Waals surface area contributed by atoms with Crippen LogP contribution in [0.25, 0.3) is 0 Å². The lowest BCUT2D eigenvalue weighted by molar-refractivity contribution is -0.116. The van der Waals surface area contributed by atoms with Crippen LogP contribution in [0.3, 0.4) is 0 Å². The summed E-state index contributed by atoms with van der Waals surface area (Å²) in [6.07, 6.45) is 0. The number of nitrogens with one attached hydrogen (secondary N) is 1. The molecule has 144 valence electrons. The second kappa shape index (κ2) is 10.6. The summed E-state index contributed by atoms with van der Waals surface area (Å²) in [4.78, 5) is 26.3. The molecule has 2 rings (SSSR count). The first kappa shape index (κ1) is 20.8. The van der Waals surface area contributed by atoms with Gasteiger partial charge in [0.15, 0.2) is 0 Å². The third-order valence-corrected chi connectivity index (χ3v) is 4.76. The van der Waals surface area contributed by atoms with Gasteiger partial charge < -0.3 is 15.0 Å². The smallest absolute Gasteiger partial charge is 0.236 e. The second-order valence-corrected chi connectivity index (χ2v) is 6.96. The van der Waals surface area contributed by atoms with Crippen LogP contribution in [0.2, 0.25) is 0 Å². The molecule has 0 unspecified atom stereocenters. The summed E-state index contributed by atoms with van der Waals surface area (Å²) >= 11 is 1.31. The Morgan fingerprint density at radius 1 is 1.07 bits per heavy atom. The van der Waals surface area contributed by atoms with Crippen molar-refractivity contribution in [3.05, 3.63) is 54.1 Å². The SMILES string of the molecule is CCOc1ccc(NC(=O)CSCC(=O)N(CC)c2cccc(C)c2)cc1. The van der Waals surface area contributed by atoms with E-state index in [1.54, 1.807) is 17.0 Å². The third kappa shape index (κ3) is 6.64. The van der Waals surface area contributed by atoms with Gasteiger partial charge in [0.2, 0.25) is 11.8 Å². The van der Waals surface area contributed by atoms with Crippen molar-refractivity contribution in [2.75, 3.05) is 34.9 Å². The summed E-state index contributed by atoms with van der Waals surface area (Å²) in [5.74, 6) is 1.13.